The number of carbonyl (C=O) groups excluding carboxylic acids is 1. The second-order valence-corrected chi connectivity index (χ2v) is 6.63. The van der Waals surface area contributed by atoms with Gasteiger partial charge in [0, 0.05) is 36.0 Å². The molecule has 0 aliphatic carbocycles. The first-order chi connectivity index (χ1) is 14.6. The molecule has 4 aromatic rings. The van der Waals surface area contributed by atoms with E-state index in [-0.39, 0.29) is 12.5 Å². The molecular weight excluding hydrogens is 378 g/mol. The van der Waals surface area contributed by atoms with E-state index in [1.807, 2.05) is 84.5 Å². The van der Waals surface area contributed by atoms with E-state index in [2.05, 4.69) is 30.9 Å². The van der Waals surface area contributed by atoms with Crippen molar-refractivity contribution in [2.24, 2.45) is 0 Å². The number of anilines is 5. The maximum Gasteiger partial charge on any atom is 0.244 e. The third-order valence-electron chi connectivity index (χ3n) is 4.19. The van der Waals surface area contributed by atoms with Crippen molar-refractivity contribution in [1.82, 2.24) is 19.5 Å². The number of rotatable bonds is 7. The summed E-state index contributed by atoms with van der Waals surface area (Å²) in [7, 11) is 0. The van der Waals surface area contributed by atoms with E-state index in [1.54, 1.807) is 6.20 Å². The standard InChI is InChI=1S/C22H21N7O/c1-16-24-20(14-21(25-16)28-19-6-2-3-11-23-19)26-17-7-9-18(10-8-17)27-22(30)15-29-12-4-5-13-29/h2-14H,15H2,1H3,(H,27,30)(H2,23,24,25,26,28). The van der Waals surface area contributed by atoms with Crippen LogP contribution in [0.5, 0.6) is 0 Å². The van der Waals surface area contributed by atoms with Gasteiger partial charge in [0.15, 0.2) is 0 Å². The molecule has 0 atom stereocenters. The molecule has 3 heterocycles. The lowest BCUT2D eigenvalue weighted by Crippen LogP contribution is -2.17. The monoisotopic (exact) mass is 399 g/mol. The second-order valence-electron chi connectivity index (χ2n) is 6.63. The molecule has 3 aromatic heterocycles. The van der Waals surface area contributed by atoms with Gasteiger partial charge in [0.25, 0.3) is 0 Å². The van der Waals surface area contributed by atoms with Gasteiger partial charge in [0.05, 0.1) is 0 Å². The first-order valence-electron chi connectivity index (χ1n) is 9.45. The fraction of sp³-hybridized carbons (Fsp3) is 0.0909. The smallest absolute Gasteiger partial charge is 0.244 e. The van der Waals surface area contributed by atoms with Crippen LogP contribution in [0, 0.1) is 6.92 Å². The highest BCUT2D eigenvalue weighted by Gasteiger charge is 2.06. The van der Waals surface area contributed by atoms with Crippen molar-refractivity contribution in [3.63, 3.8) is 0 Å². The molecule has 0 aliphatic rings. The summed E-state index contributed by atoms with van der Waals surface area (Å²) in [6.07, 6.45) is 5.43. The van der Waals surface area contributed by atoms with Crippen molar-refractivity contribution in [2.75, 3.05) is 16.0 Å². The van der Waals surface area contributed by atoms with E-state index in [9.17, 15) is 4.79 Å². The van der Waals surface area contributed by atoms with Gasteiger partial charge in [0.2, 0.25) is 5.91 Å². The summed E-state index contributed by atoms with van der Waals surface area (Å²) in [6.45, 7) is 2.11. The third-order valence-corrected chi connectivity index (χ3v) is 4.19. The first kappa shape index (κ1) is 19.1. The summed E-state index contributed by atoms with van der Waals surface area (Å²) in [6, 6.07) is 18.7. The molecular formula is C22H21N7O. The van der Waals surface area contributed by atoms with Gasteiger partial charge in [-0.25, -0.2) is 15.0 Å². The number of hydrogen-bond acceptors (Lipinski definition) is 6. The lowest BCUT2D eigenvalue weighted by Gasteiger charge is -2.11. The molecule has 0 radical (unpaired) electrons. The number of amides is 1. The van der Waals surface area contributed by atoms with E-state index in [4.69, 9.17) is 0 Å². The maximum absolute atomic E-state index is 12.1. The Labute approximate surface area is 174 Å². The minimum Gasteiger partial charge on any atom is -0.345 e. The topological polar surface area (TPSA) is 96.8 Å². The number of aromatic nitrogens is 4. The number of carbonyl (C=O) groups is 1. The van der Waals surface area contributed by atoms with Crippen molar-refractivity contribution in [3.8, 4) is 0 Å². The first-order valence-corrected chi connectivity index (χ1v) is 9.45. The van der Waals surface area contributed by atoms with Crippen LogP contribution in [0.1, 0.15) is 5.82 Å². The van der Waals surface area contributed by atoms with Crippen LogP contribution < -0.4 is 16.0 Å². The Balaban J connectivity index is 1.40. The Morgan fingerprint density at radius 2 is 1.57 bits per heavy atom. The van der Waals surface area contributed by atoms with Crippen LogP contribution in [0.25, 0.3) is 0 Å². The molecule has 0 saturated carbocycles. The molecule has 8 nitrogen and oxygen atoms in total. The zero-order chi connectivity index (χ0) is 20.8. The predicted octanol–water partition coefficient (Wildman–Crippen LogP) is 4.11. The number of nitrogens with zero attached hydrogens (tertiary/aromatic N) is 4. The summed E-state index contributed by atoms with van der Waals surface area (Å²) in [5.41, 5.74) is 1.58. The number of nitrogens with one attached hydrogen (secondary N) is 3. The molecule has 1 amide bonds. The molecule has 1 aromatic carbocycles. The van der Waals surface area contributed by atoms with Crippen molar-refractivity contribution in [2.45, 2.75) is 13.5 Å². The highest BCUT2D eigenvalue weighted by atomic mass is 16.1. The quantitative estimate of drug-likeness (QED) is 0.433. The molecule has 0 unspecified atom stereocenters. The van der Waals surface area contributed by atoms with Crippen molar-refractivity contribution in [1.29, 1.82) is 0 Å². The van der Waals surface area contributed by atoms with Crippen molar-refractivity contribution >= 4 is 34.7 Å². The van der Waals surface area contributed by atoms with E-state index < -0.39 is 0 Å². The van der Waals surface area contributed by atoms with E-state index in [0.29, 0.717) is 23.3 Å². The van der Waals surface area contributed by atoms with Crippen LogP contribution in [-0.2, 0) is 11.3 Å². The highest BCUT2D eigenvalue weighted by Crippen LogP contribution is 2.21. The highest BCUT2D eigenvalue weighted by molar-refractivity contribution is 5.90. The number of aryl methyl sites for hydroxylation is 1. The number of benzene rings is 1. The minimum absolute atomic E-state index is 0.0800. The molecule has 3 N–H and O–H groups in total. The maximum atomic E-state index is 12.1. The van der Waals surface area contributed by atoms with E-state index in [0.717, 1.165) is 11.4 Å². The van der Waals surface area contributed by atoms with Crippen LogP contribution in [0.15, 0.2) is 79.3 Å². The van der Waals surface area contributed by atoms with Gasteiger partial charge in [-0.2, -0.15) is 0 Å². The zero-order valence-corrected chi connectivity index (χ0v) is 16.4. The average molecular weight is 399 g/mol. The summed E-state index contributed by atoms with van der Waals surface area (Å²) >= 11 is 0. The zero-order valence-electron chi connectivity index (χ0n) is 16.4. The summed E-state index contributed by atoms with van der Waals surface area (Å²) in [4.78, 5) is 25.2. The normalized spacial score (nSPS) is 10.4. The lowest BCUT2D eigenvalue weighted by molar-refractivity contribution is -0.116. The van der Waals surface area contributed by atoms with E-state index in [1.165, 1.54) is 0 Å². The lowest BCUT2D eigenvalue weighted by atomic mass is 10.2. The fourth-order valence-electron chi connectivity index (χ4n) is 2.89. The minimum atomic E-state index is -0.0800. The SMILES string of the molecule is Cc1nc(Nc2ccc(NC(=O)Cn3cccc3)cc2)cc(Nc2ccccn2)n1. The van der Waals surface area contributed by atoms with Gasteiger partial charge < -0.3 is 20.5 Å². The average Bonchev–Trinajstić information content (AvgIpc) is 3.23. The summed E-state index contributed by atoms with van der Waals surface area (Å²) in [5.74, 6) is 2.57. The van der Waals surface area contributed by atoms with Crippen LogP contribution in [0.3, 0.4) is 0 Å². The largest absolute Gasteiger partial charge is 0.345 e. The fourth-order valence-corrected chi connectivity index (χ4v) is 2.89. The molecule has 0 saturated heterocycles. The van der Waals surface area contributed by atoms with Gasteiger partial charge in [-0.1, -0.05) is 6.07 Å². The summed E-state index contributed by atoms with van der Waals surface area (Å²) < 4.78 is 1.82. The van der Waals surface area contributed by atoms with E-state index >= 15 is 0 Å². The Hall–Kier alpha value is -4.20. The Kier molecular flexibility index (Phi) is 5.66. The second kappa shape index (κ2) is 8.87. The molecule has 4 rings (SSSR count). The van der Waals surface area contributed by atoms with Crippen LogP contribution in [-0.4, -0.2) is 25.4 Å². The van der Waals surface area contributed by atoms with Gasteiger partial charge >= 0.3 is 0 Å². The number of pyridine rings is 1. The van der Waals surface area contributed by atoms with Crippen LogP contribution in [0.2, 0.25) is 0 Å². The molecule has 30 heavy (non-hydrogen) atoms. The van der Waals surface area contributed by atoms with Gasteiger partial charge in [0.1, 0.15) is 29.8 Å². The van der Waals surface area contributed by atoms with Crippen LogP contribution >= 0.6 is 0 Å². The van der Waals surface area contributed by atoms with Gasteiger partial charge in [-0.3, -0.25) is 4.79 Å². The predicted molar refractivity (Wildman–Crippen MR) is 117 cm³/mol. The molecule has 0 bridgehead atoms. The number of hydrogen-bond donors (Lipinski definition) is 3. The molecule has 0 fully saturated rings. The van der Waals surface area contributed by atoms with Gasteiger partial charge in [-0.05, 0) is 55.5 Å². The Morgan fingerprint density at radius 3 is 2.27 bits per heavy atom. The summed E-state index contributed by atoms with van der Waals surface area (Å²) in [5, 5.41) is 9.31. The molecule has 0 spiro atoms. The van der Waals surface area contributed by atoms with Gasteiger partial charge in [-0.15, -0.1) is 0 Å². The Bertz CT molecular complexity index is 1110. The molecule has 8 heteroatoms. The molecule has 150 valence electrons. The Morgan fingerprint density at radius 1 is 0.867 bits per heavy atom. The van der Waals surface area contributed by atoms with Crippen LogP contribution in [0.4, 0.5) is 28.8 Å². The van der Waals surface area contributed by atoms with Crippen molar-refractivity contribution < 1.29 is 4.79 Å². The van der Waals surface area contributed by atoms with Crippen molar-refractivity contribution in [3.05, 3.63) is 85.1 Å². The third kappa shape index (κ3) is 5.20. The molecule has 0 aliphatic heterocycles.